The number of hydrogen-bond donors (Lipinski definition) is 1. The van der Waals surface area contributed by atoms with Crippen molar-refractivity contribution in [1.29, 1.82) is 0 Å². The van der Waals surface area contributed by atoms with E-state index in [1.807, 2.05) is 45.2 Å². The molecule has 1 fully saturated rings. The Kier molecular flexibility index (Phi) is 6.99. The number of benzene rings is 1. The first-order valence-corrected chi connectivity index (χ1v) is 7.23. The van der Waals surface area contributed by atoms with Crippen LogP contribution in [0, 0.1) is 18.8 Å². The van der Waals surface area contributed by atoms with Crippen LogP contribution in [0.4, 0.5) is 0 Å². The van der Waals surface area contributed by atoms with Crippen LogP contribution in [0.3, 0.4) is 0 Å². The summed E-state index contributed by atoms with van der Waals surface area (Å²) in [6.07, 6.45) is 0. The Morgan fingerprint density at radius 3 is 2.76 bits per heavy atom. The molecular formula is C16H25ClN2O2. The third-order valence-corrected chi connectivity index (χ3v) is 3.97. The molecule has 0 saturated carbocycles. The summed E-state index contributed by atoms with van der Waals surface area (Å²) in [4.78, 5) is 14.0. The smallest absolute Gasteiger partial charge is 0.225 e. The molecule has 1 unspecified atom stereocenters. The Morgan fingerprint density at radius 2 is 2.19 bits per heavy atom. The topological polar surface area (TPSA) is 41.6 Å². The van der Waals surface area contributed by atoms with E-state index in [0.29, 0.717) is 19.1 Å². The Labute approximate surface area is 133 Å². The third kappa shape index (κ3) is 4.90. The summed E-state index contributed by atoms with van der Waals surface area (Å²) in [5.74, 6) is 1.66. The summed E-state index contributed by atoms with van der Waals surface area (Å²) in [5, 5.41) is 3.21. The van der Waals surface area contributed by atoms with Gasteiger partial charge in [0.1, 0.15) is 12.4 Å². The van der Waals surface area contributed by atoms with Crippen LogP contribution in [-0.2, 0) is 4.79 Å². The highest BCUT2D eigenvalue weighted by Gasteiger charge is 2.30. The fourth-order valence-electron chi connectivity index (χ4n) is 2.33. The first-order chi connectivity index (χ1) is 9.58. The monoisotopic (exact) mass is 312 g/mol. The predicted molar refractivity (Wildman–Crippen MR) is 87.1 cm³/mol. The lowest BCUT2D eigenvalue weighted by atomic mass is 9.88. The zero-order chi connectivity index (χ0) is 14.5. The molecule has 1 atom stereocenters. The second kappa shape index (κ2) is 8.25. The van der Waals surface area contributed by atoms with E-state index in [1.165, 1.54) is 5.56 Å². The van der Waals surface area contributed by atoms with Gasteiger partial charge in [-0.25, -0.2) is 0 Å². The van der Waals surface area contributed by atoms with E-state index in [1.54, 1.807) is 4.90 Å². The molecule has 1 N–H and O–H groups in total. The molecule has 1 amide bonds. The van der Waals surface area contributed by atoms with Gasteiger partial charge < -0.3 is 15.0 Å². The maximum absolute atomic E-state index is 12.2. The van der Waals surface area contributed by atoms with Gasteiger partial charge in [-0.1, -0.05) is 19.1 Å². The van der Waals surface area contributed by atoms with E-state index in [2.05, 4.69) is 5.32 Å². The van der Waals surface area contributed by atoms with Crippen LogP contribution in [0.15, 0.2) is 24.3 Å². The maximum atomic E-state index is 12.2. The molecule has 0 spiro atoms. The lowest BCUT2D eigenvalue weighted by Gasteiger charge is -2.33. The number of rotatable bonds is 6. The van der Waals surface area contributed by atoms with E-state index < -0.39 is 0 Å². The van der Waals surface area contributed by atoms with Gasteiger partial charge in [0.05, 0.1) is 6.54 Å². The molecule has 0 aromatic heterocycles. The van der Waals surface area contributed by atoms with Crippen molar-refractivity contribution in [2.45, 2.75) is 13.8 Å². The number of carbonyl (C=O) groups excluding carboxylic acids is 1. The summed E-state index contributed by atoms with van der Waals surface area (Å²) in [6, 6.07) is 7.96. The Balaban J connectivity index is 0.00000220. The molecule has 5 heteroatoms. The number of hydrogen-bond acceptors (Lipinski definition) is 3. The Morgan fingerprint density at radius 1 is 1.48 bits per heavy atom. The fraction of sp³-hybridized carbons (Fsp3) is 0.562. The molecule has 21 heavy (non-hydrogen) atoms. The van der Waals surface area contributed by atoms with Gasteiger partial charge in [-0.05, 0) is 43.6 Å². The number of amides is 1. The van der Waals surface area contributed by atoms with Crippen LogP contribution in [0.2, 0.25) is 0 Å². The number of likely N-dealkylation sites (N-methyl/N-ethyl adjacent to an activating group) is 1. The molecule has 1 aliphatic rings. The van der Waals surface area contributed by atoms with Crippen molar-refractivity contribution in [2.75, 3.05) is 33.3 Å². The van der Waals surface area contributed by atoms with Gasteiger partial charge in [0.2, 0.25) is 5.91 Å². The van der Waals surface area contributed by atoms with Crippen LogP contribution >= 0.6 is 12.4 Å². The highest BCUT2D eigenvalue weighted by Crippen LogP contribution is 2.18. The van der Waals surface area contributed by atoms with Gasteiger partial charge in [0.25, 0.3) is 0 Å². The second-order valence-electron chi connectivity index (χ2n) is 5.63. The first-order valence-electron chi connectivity index (χ1n) is 7.23. The number of nitrogens with zero attached hydrogens (tertiary/aromatic N) is 1. The lowest BCUT2D eigenvalue weighted by molar-refractivity contribution is -0.136. The van der Waals surface area contributed by atoms with E-state index in [4.69, 9.17) is 4.74 Å². The maximum Gasteiger partial charge on any atom is 0.225 e. The molecular weight excluding hydrogens is 288 g/mol. The van der Waals surface area contributed by atoms with Gasteiger partial charge >= 0.3 is 0 Å². The van der Waals surface area contributed by atoms with Gasteiger partial charge in [0.15, 0.2) is 0 Å². The van der Waals surface area contributed by atoms with E-state index >= 15 is 0 Å². The van der Waals surface area contributed by atoms with Gasteiger partial charge in [-0.15, -0.1) is 12.4 Å². The second-order valence-corrected chi connectivity index (χ2v) is 5.63. The molecule has 1 heterocycles. The molecule has 0 bridgehead atoms. The highest BCUT2D eigenvalue weighted by molar-refractivity contribution is 5.85. The lowest BCUT2D eigenvalue weighted by Crippen LogP contribution is -2.50. The molecule has 118 valence electrons. The van der Waals surface area contributed by atoms with Crippen LogP contribution < -0.4 is 10.1 Å². The molecule has 0 radical (unpaired) electrons. The summed E-state index contributed by atoms with van der Waals surface area (Å²) in [6.45, 7) is 7.13. The average molecular weight is 313 g/mol. The van der Waals surface area contributed by atoms with Crippen LogP contribution in [0.1, 0.15) is 12.5 Å². The normalized spacial score (nSPS) is 15.6. The third-order valence-electron chi connectivity index (χ3n) is 3.97. The van der Waals surface area contributed by atoms with Crippen molar-refractivity contribution in [1.82, 2.24) is 10.2 Å². The van der Waals surface area contributed by atoms with Crippen molar-refractivity contribution in [3.8, 4) is 5.75 Å². The summed E-state index contributed by atoms with van der Waals surface area (Å²) in [7, 11) is 1.85. The fourth-order valence-corrected chi connectivity index (χ4v) is 2.33. The minimum atomic E-state index is 0. The molecule has 1 aromatic carbocycles. The molecule has 4 nitrogen and oxygen atoms in total. The van der Waals surface area contributed by atoms with E-state index in [-0.39, 0.29) is 24.2 Å². The number of ether oxygens (including phenoxy) is 1. The SMILES string of the molecule is Cc1cccc(OCCN(C)C(=O)C(C)C2CNC2)c1.Cl. The quantitative estimate of drug-likeness (QED) is 0.875. The van der Waals surface area contributed by atoms with Gasteiger partial charge in [0, 0.05) is 13.0 Å². The molecule has 1 aliphatic heterocycles. The largest absolute Gasteiger partial charge is 0.492 e. The molecule has 1 saturated heterocycles. The highest BCUT2D eigenvalue weighted by atomic mass is 35.5. The number of carbonyl (C=O) groups is 1. The minimum Gasteiger partial charge on any atom is -0.492 e. The van der Waals surface area contributed by atoms with Gasteiger partial charge in [-0.2, -0.15) is 0 Å². The standard InChI is InChI=1S/C16H24N2O2.ClH/c1-12-5-4-6-15(9-12)20-8-7-18(3)16(19)13(2)14-10-17-11-14;/h4-6,9,13-14,17H,7-8,10-11H2,1-3H3;1H. The molecule has 0 aliphatic carbocycles. The van der Waals surface area contributed by atoms with E-state index in [0.717, 1.165) is 18.8 Å². The average Bonchev–Trinajstić information content (AvgIpc) is 2.35. The zero-order valence-electron chi connectivity index (χ0n) is 13.0. The van der Waals surface area contributed by atoms with Crippen molar-refractivity contribution < 1.29 is 9.53 Å². The summed E-state index contributed by atoms with van der Waals surface area (Å²) in [5.41, 5.74) is 1.18. The van der Waals surface area contributed by atoms with Crippen molar-refractivity contribution in [2.24, 2.45) is 11.8 Å². The Hall–Kier alpha value is -1.26. The minimum absolute atomic E-state index is 0. The Bertz CT molecular complexity index is 463. The summed E-state index contributed by atoms with van der Waals surface area (Å²) >= 11 is 0. The molecule has 1 aromatic rings. The van der Waals surface area contributed by atoms with Crippen LogP contribution in [0.25, 0.3) is 0 Å². The summed E-state index contributed by atoms with van der Waals surface area (Å²) < 4.78 is 5.68. The number of nitrogens with one attached hydrogen (secondary N) is 1. The zero-order valence-corrected chi connectivity index (χ0v) is 13.8. The molecule has 2 rings (SSSR count). The van der Waals surface area contributed by atoms with Crippen molar-refractivity contribution in [3.63, 3.8) is 0 Å². The van der Waals surface area contributed by atoms with Crippen LogP contribution in [0.5, 0.6) is 5.75 Å². The van der Waals surface area contributed by atoms with Crippen molar-refractivity contribution in [3.05, 3.63) is 29.8 Å². The van der Waals surface area contributed by atoms with Crippen LogP contribution in [-0.4, -0.2) is 44.1 Å². The number of halogens is 1. The van der Waals surface area contributed by atoms with E-state index in [9.17, 15) is 4.79 Å². The van der Waals surface area contributed by atoms with Gasteiger partial charge in [-0.3, -0.25) is 4.79 Å². The predicted octanol–water partition coefficient (Wildman–Crippen LogP) is 2.11. The number of aryl methyl sites for hydroxylation is 1. The first kappa shape index (κ1) is 17.8. The van der Waals surface area contributed by atoms with Crippen molar-refractivity contribution >= 4 is 18.3 Å².